The van der Waals surface area contributed by atoms with Crippen LogP contribution in [0.15, 0.2) is 47.2 Å². The summed E-state index contributed by atoms with van der Waals surface area (Å²) in [6.45, 7) is 3.76. The third kappa shape index (κ3) is 2.55. The van der Waals surface area contributed by atoms with Gasteiger partial charge in [0.25, 0.3) is 5.89 Å². The molecule has 3 heterocycles. The van der Waals surface area contributed by atoms with Gasteiger partial charge in [-0.25, -0.2) is 9.67 Å². The first-order chi connectivity index (χ1) is 13.5. The zero-order valence-corrected chi connectivity index (χ0v) is 15.3. The molecule has 5 rings (SSSR count). The average Bonchev–Trinajstić information content (AvgIpc) is 3.45. The van der Waals surface area contributed by atoms with Gasteiger partial charge in [0, 0.05) is 11.1 Å². The van der Waals surface area contributed by atoms with Crippen LogP contribution >= 0.6 is 0 Å². The monoisotopic (exact) mass is 375 g/mol. The molecule has 0 fully saturated rings. The van der Waals surface area contributed by atoms with E-state index in [-0.39, 0.29) is 6.61 Å². The number of aromatic amines is 1. The number of H-pyrrole nitrogens is 1. The zero-order valence-electron chi connectivity index (χ0n) is 15.3. The first-order valence-corrected chi connectivity index (χ1v) is 8.79. The Morgan fingerprint density at radius 1 is 1.11 bits per heavy atom. The van der Waals surface area contributed by atoms with Gasteiger partial charge in [-0.3, -0.25) is 0 Å². The van der Waals surface area contributed by atoms with Gasteiger partial charge >= 0.3 is 0 Å². The molecule has 0 amide bonds. The standard InChI is InChI=1S/C19H17N7O2/c1-19(2,9-27)26-16-6-4-11(7-15(16)23-25-26)17-22-18(28-24-17)12-3-5-13-14(8-12)21-10-20-13/h3-8,10,27H,9H2,1-2H3,(H,20,21). The van der Waals surface area contributed by atoms with Gasteiger partial charge in [-0.2, -0.15) is 4.98 Å². The minimum atomic E-state index is -0.541. The SMILES string of the molecule is CC(C)(CO)n1nnc2cc(-c3noc(-c4ccc5nc[nH]c5c4)n3)ccc21. The molecule has 2 aromatic carbocycles. The van der Waals surface area contributed by atoms with Crippen LogP contribution in [0.25, 0.3) is 44.9 Å². The molecule has 5 aromatic rings. The lowest BCUT2D eigenvalue weighted by Crippen LogP contribution is -2.31. The van der Waals surface area contributed by atoms with E-state index >= 15 is 0 Å². The Bertz CT molecular complexity index is 1300. The largest absolute Gasteiger partial charge is 0.394 e. The molecular weight excluding hydrogens is 358 g/mol. The highest BCUT2D eigenvalue weighted by Gasteiger charge is 2.23. The van der Waals surface area contributed by atoms with Crippen LogP contribution in [0.4, 0.5) is 0 Å². The van der Waals surface area contributed by atoms with Crippen LogP contribution in [0.1, 0.15) is 13.8 Å². The van der Waals surface area contributed by atoms with Crippen molar-refractivity contribution in [2.45, 2.75) is 19.4 Å². The third-order valence-electron chi connectivity index (χ3n) is 4.76. The van der Waals surface area contributed by atoms with E-state index in [4.69, 9.17) is 4.52 Å². The molecular formula is C19H17N7O2. The summed E-state index contributed by atoms with van der Waals surface area (Å²) >= 11 is 0. The minimum Gasteiger partial charge on any atom is -0.394 e. The van der Waals surface area contributed by atoms with Crippen molar-refractivity contribution in [3.05, 3.63) is 42.7 Å². The van der Waals surface area contributed by atoms with Gasteiger partial charge in [0.1, 0.15) is 5.52 Å². The maximum absolute atomic E-state index is 9.59. The van der Waals surface area contributed by atoms with E-state index in [1.54, 1.807) is 11.0 Å². The van der Waals surface area contributed by atoms with E-state index < -0.39 is 5.54 Å². The van der Waals surface area contributed by atoms with E-state index in [1.807, 2.05) is 50.2 Å². The van der Waals surface area contributed by atoms with E-state index in [0.717, 1.165) is 27.7 Å². The maximum Gasteiger partial charge on any atom is 0.258 e. The fourth-order valence-electron chi connectivity index (χ4n) is 3.10. The van der Waals surface area contributed by atoms with Gasteiger partial charge in [-0.1, -0.05) is 10.4 Å². The Kier molecular flexibility index (Phi) is 3.53. The Balaban J connectivity index is 1.52. The van der Waals surface area contributed by atoms with Gasteiger partial charge in [0.05, 0.1) is 35.0 Å². The number of benzene rings is 2. The smallest absolute Gasteiger partial charge is 0.258 e. The fourth-order valence-corrected chi connectivity index (χ4v) is 3.10. The summed E-state index contributed by atoms with van der Waals surface area (Å²) in [6, 6.07) is 11.4. The number of nitrogens with one attached hydrogen (secondary N) is 1. The zero-order chi connectivity index (χ0) is 19.3. The molecule has 0 unspecified atom stereocenters. The van der Waals surface area contributed by atoms with E-state index in [1.165, 1.54) is 0 Å². The van der Waals surface area contributed by atoms with Crippen LogP contribution in [0.3, 0.4) is 0 Å². The van der Waals surface area contributed by atoms with E-state index in [2.05, 4.69) is 30.4 Å². The molecule has 0 atom stereocenters. The molecule has 0 bridgehead atoms. The number of hydrogen-bond donors (Lipinski definition) is 2. The lowest BCUT2D eigenvalue weighted by molar-refractivity contribution is 0.154. The summed E-state index contributed by atoms with van der Waals surface area (Å²) in [6.07, 6.45) is 1.65. The van der Waals surface area contributed by atoms with Crippen molar-refractivity contribution in [3.63, 3.8) is 0 Å². The van der Waals surface area contributed by atoms with Gasteiger partial charge in [-0.05, 0) is 50.2 Å². The Labute approximate surface area is 159 Å². The van der Waals surface area contributed by atoms with Crippen molar-refractivity contribution in [1.29, 1.82) is 0 Å². The van der Waals surface area contributed by atoms with Crippen molar-refractivity contribution in [2.24, 2.45) is 0 Å². The predicted molar refractivity (Wildman–Crippen MR) is 102 cm³/mol. The highest BCUT2D eigenvalue weighted by Crippen LogP contribution is 2.27. The van der Waals surface area contributed by atoms with Crippen molar-refractivity contribution < 1.29 is 9.63 Å². The van der Waals surface area contributed by atoms with Crippen molar-refractivity contribution in [1.82, 2.24) is 35.1 Å². The fraction of sp³-hybridized carbons (Fsp3) is 0.211. The molecule has 3 aromatic heterocycles. The highest BCUT2D eigenvalue weighted by molar-refractivity contribution is 5.81. The molecule has 0 spiro atoms. The molecule has 9 nitrogen and oxygen atoms in total. The third-order valence-corrected chi connectivity index (χ3v) is 4.76. The van der Waals surface area contributed by atoms with Crippen molar-refractivity contribution >= 4 is 22.1 Å². The summed E-state index contributed by atoms with van der Waals surface area (Å²) in [5.74, 6) is 0.897. The Morgan fingerprint density at radius 3 is 2.82 bits per heavy atom. The molecule has 2 N–H and O–H groups in total. The lowest BCUT2D eigenvalue weighted by Gasteiger charge is -2.22. The van der Waals surface area contributed by atoms with Crippen LogP contribution in [-0.2, 0) is 5.54 Å². The summed E-state index contributed by atoms with van der Waals surface area (Å²) in [5.41, 5.74) is 4.36. The molecule has 0 saturated heterocycles. The normalized spacial score (nSPS) is 12.2. The molecule has 140 valence electrons. The molecule has 0 aliphatic rings. The second kappa shape index (κ2) is 5.96. The van der Waals surface area contributed by atoms with E-state index in [9.17, 15) is 5.11 Å². The van der Waals surface area contributed by atoms with Crippen LogP contribution < -0.4 is 0 Å². The number of nitrogens with zero attached hydrogens (tertiary/aromatic N) is 6. The Morgan fingerprint density at radius 2 is 1.96 bits per heavy atom. The van der Waals surface area contributed by atoms with Crippen LogP contribution in [0, 0.1) is 0 Å². The number of hydrogen-bond acceptors (Lipinski definition) is 7. The first-order valence-electron chi connectivity index (χ1n) is 8.79. The van der Waals surface area contributed by atoms with Crippen LogP contribution in [0.2, 0.25) is 0 Å². The number of aliphatic hydroxyl groups excluding tert-OH is 1. The van der Waals surface area contributed by atoms with Crippen molar-refractivity contribution in [2.75, 3.05) is 6.61 Å². The molecule has 0 radical (unpaired) electrons. The average molecular weight is 375 g/mol. The van der Waals surface area contributed by atoms with Gasteiger partial charge in [0.2, 0.25) is 5.82 Å². The molecule has 28 heavy (non-hydrogen) atoms. The van der Waals surface area contributed by atoms with E-state index in [0.29, 0.717) is 17.2 Å². The van der Waals surface area contributed by atoms with Gasteiger partial charge in [-0.15, -0.1) is 5.10 Å². The summed E-state index contributed by atoms with van der Waals surface area (Å²) in [5, 5.41) is 22.1. The predicted octanol–water partition coefficient (Wildman–Crippen LogP) is 2.75. The number of aliphatic hydroxyl groups is 1. The lowest BCUT2D eigenvalue weighted by atomic mass is 10.1. The van der Waals surface area contributed by atoms with Gasteiger partial charge in [0.15, 0.2) is 0 Å². The Hall–Kier alpha value is -3.59. The number of fused-ring (bicyclic) bond motifs is 2. The summed E-state index contributed by atoms with van der Waals surface area (Å²) in [4.78, 5) is 11.8. The molecule has 9 heteroatoms. The maximum atomic E-state index is 9.59. The number of aromatic nitrogens is 7. The number of imidazole rings is 1. The van der Waals surface area contributed by atoms with Crippen LogP contribution in [-0.4, -0.2) is 46.8 Å². The highest BCUT2D eigenvalue weighted by atomic mass is 16.5. The molecule has 0 aliphatic carbocycles. The quantitative estimate of drug-likeness (QED) is 0.496. The molecule has 0 aliphatic heterocycles. The first kappa shape index (κ1) is 16.6. The van der Waals surface area contributed by atoms with Crippen molar-refractivity contribution in [3.8, 4) is 22.8 Å². The summed E-state index contributed by atoms with van der Waals surface area (Å²) < 4.78 is 7.17. The summed E-state index contributed by atoms with van der Waals surface area (Å²) in [7, 11) is 0. The number of rotatable bonds is 4. The molecule has 0 saturated carbocycles. The minimum absolute atomic E-state index is 0.0396. The topological polar surface area (TPSA) is 119 Å². The van der Waals surface area contributed by atoms with Crippen LogP contribution in [0.5, 0.6) is 0 Å². The second-order valence-electron chi connectivity index (χ2n) is 7.23. The second-order valence-corrected chi connectivity index (χ2v) is 7.23. The van der Waals surface area contributed by atoms with Gasteiger partial charge < -0.3 is 14.6 Å².